The largest absolute Gasteiger partial charge is 0.459 e. The van der Waals surface area contributed by atoms with Crippen LogP contribution in [-0.4, -0.2) is 12.1 Å². The Balaban J connectivity index is 1.48. The molecule has 0 radical (unpaired) electrons. The fourth-order valence-electron chi connectivity index (χ4n) is 2.38. The normalized spacial score (nSPS) is 11.0. The van der Waals surface area contributed by atoms with Crippen molar-refractivity contribution < 1.29 is 9.21 Å². The number of hydrogen-bond acceptors (Lipinski definition) is 4. The zero-order valence-electron chi connectivity index (χ0n) is 14.8. The van der Waals surface area contributed by atoms with Crippen LogP contribution in [0.3, 0.4) is 0 Å². The summed E-state index contributed by atoms with van der Waals surface area (Å²) in [6.07, 6.45) is 1.48. The van der Waals surface area contributed by atoms with Gasteiger partial charge in [-0.2, -0.15) is 16.9 Å². The Morgan fingerprint density at radius 2 is 1.78 bits per heavy atom. The van der Waals surface area contributed by atoms with Crippen LogP contribution < -0.4 is 5.43 Å². The number of amides is 1. The van der Waals surface area contributed by atoms with Gasteiger partial charge in [0.15, 0.2) is 0 Å². The Hall–Kier alpha value is -2.31. The van der Waals surface area contributed by atoms with Gasteiger partial charge in [-0.05, 0) is 46.1 Å². The van der Waals surface area contributed by atoms with E-state index in [4.69, 9.17) is 4.42 Å². The van der Waals surface area contributed by atoms with Gasteiger partial charge in [0, 0.05) is 23.1 Å². The Bertz CT molecular complexity index is 902. The maximum Gasteiger partial charge on any atom is 0.271 e. The van der Waals surface area contributed by atoms with Crippen molar-refractivity contribution in [2.75, 3.05) is 0 Å². The number of carbonyl (C=O) groups excluding carboxylic acids is 1. The minimum atomic E-state index is -0.253. The third kappa shape index (κ3) is 5.84. The first-order chi connectivity index (χ1) is 13.1. The van der Waals surface area contributed by atoms with Crippen LogP contribution in [-0.2, 0) is 11.5 Å². The van der Waals surface area contributed by atoms with E-state index in [0.29, 0.717) is 11.3 Å². The van der Waals surface area contributed by atoms with Crippen LogP contribution in [0.2, 0.25) is 0 Å². The number of thioether (sulfide) groups is 1. The number of hydrogen-bond donors (Lipinski definition) is 1. The van der Waals surface area contributed by atoms with Crippen molar-refractivity contribution >= 4 is 39.8 Å². The van der Waals surface area contributed by atoms with E-state index >= 15 is 0 Å². The highest BCUT2D eigenvalue weighted by atomic mass is 79.9. The minimum Gasteiger partial charge on any atom is -0.459 e. The van der Waals surface area contributed by atoms with Crippen molar-refractivity contribution in [2.45, 2.75) is 18.4 Å². The van der Waals surface area contributed by atoms with E-state index in [-0.39, 0.29) is 5.91 Å². The van der Waals surface area contributed by atoms with E-state index in [1.807, 2.05) is 49.0 Å². The lowest BCUT2D eigenvalue weighted by atomic mass is 10.1. The predicted octanol–water partition coefficient (Wildman–Crippen LogP) is 5.55. The van der Waals surface area contributed by atoms with Crippen LogP contribution in [0.15, 0.2) is 74.7 Å². The molecule has 6 heteroatoms. The average Bonchev–Trinajstić information content (AvgIpc) is 3.00. The number of carbonyl (C=O) groups is 1. The van der Waals surface area contributed by atoms with Crippen LogP contribution in [0.1, 0.15) is 33.0 Å². The van der Waals surface area contributed by atoms with Gasteiger partial charge in [0.2, 0.25) is 0 Å². The molecule has 0 unspecified atom stereocenters. The van der Waals surface area contributed by atoms with Gasteiger partial charge < -0.3 is 4.42 Å². The highest BCUT2D eigenvalue weighted by molar-refractivity contribution is 9.10. The van der Waals surface area contributed by atoms with Crippen LogP contribution in [0.4, 0.5) is 0 Å². The summed E-state index contributed by atoms with van der Waals surface area (Å²) >= 11 is 5.22. The van der Waals surface area contributed by atoms with E-state index in [1.165, 1.54) is 17.3 Å². The molecule has 1 N–H and O–H groups in total. The first kappa shape index (κ1) is 19.5. The Labute approximate surface area is 171 Å². The zero-order valence-corrected chi connectivity index (χ0v) is 17.2. The summed E-state index contributed by atoms with van der Waals surface area (Å²) in [4.78, 5) is 12.1. The Morgan fingerprint density at radius 3 is 2.41 bits per heavy atom. The van der Waals surface area contributed by atoms with Gasteiger partial charge in [-0.15, -0.1) is 0 Å². The molecule has 0 aliphatic heterocycles. The molecule has 1 heterocycles. The second-order valence-electron chi connectivity index (χ2n) is 5.93. The van der Waals surface area contributed by atoms with Crippen LogP contribution in [0.5, 0.6) is 0 Å². The number of hydrazone groups is 1. The highest BCUT2D eigenvalue weighted by Gasteiger charge is 2.05. The Kier molecular flexibility index (Phi) is 6.90. The van der Waals surface area contributed by atoms with Gasteiger partial charge in [-0.25, -0.2) is 5.43 Å². The SMILES string of the molecule is Cc1oc(/C=N\NC(=O)c2ccc(CSCc3ccccc3)cc2)cc1Br. The molecule has 0 atom stereocenters. The van der Waals surface area contributed by atoms with Crippen molar-refractivity contribution in [3.05, 3.63) is 93.3 Å². The van der Waals surface area contributed by atoms with Gasteiger partial charge in [0.05, 0.1) is 10.7 Å². The first-order valence-electron chi connectivity index (χ1n) is 8.42. The van der Waals surface area contributed by atoms with Gasteiger partial charge in [0.25, 0.3) is 5.91 Å². The molecule has 3 aromatic rings. The standard InChI is InChI=1S/C21H19BrN2O2S/c1-15-20(22)11-19(26-15)12-23-24-21(25)18-9-7-17(8-10-18)14-27-13-16-5-3-2-4-6-16/h2-12H,13-14H2,1H3,(H,24,25)/b23-12-. The molecule has 0 spiro atoms. The van der Waals surface area contributed by atoms with E-state index in [1.54, 1.807) is 6.07 Å². The maximum atomic E-state index is 12.1. The van der Waals surface area contributed by atoms with E-state index in [9.17, 15) is 4.79 Å². The van der Waals surface area contributed by atoms with Crippen molar-refractivity contribution in [3.8, 4) is 0 Å². The lowest BCUT2D eigenvalue weighted by Crippen LogP contribution is -2.17. The number of aryl methyl sites for hydroxylation is 1. The topological polar surface area (TPSA) is 54.6 Å². The lowest BCUT2D eigenvalue weighted by molar-refractivity contribution is 0.0955. The fraction of sp³-hybridized carbons (Fsp3) is 0.143. The Morgan fingerprint density at radius 1 is 1.11 bits per heavy atom. The van der Waals surface area contributed by atoms with Crippen molar-refractivity contribution in [2.24, 2.45) is 5.10 Å². The summed E-state index contributed by atoms with van der Waals surface area (Å²) in [5, 5.41) is 3.93. The summed E-state index contributed by atoms with van der Waals surface area (Å²) in [5.41, 5.74) is 5.58. The number of benzene rings is 2. The molecule has 0 saturated carbocycles. The molecule has 2 aromatic carbocycles. The zero-order chi connectivity index (χ0) is 19.1. The molecule has 3 rings (SSSR count). The van der Waals surface area contributed by atoms with Crippen LogP contribution >= 0.6 is 27.7 Å². The van der Waals surface area contributed by atoms with Crippen molar-refractivity contribution in [1.29, 1.82) is 0 Å². The van der Waals surface area contributed by atoms with Gasteiger partial charge in [0.1, 0.15) is 11.5 Å². The maximum absolute atomic E-state index is 12.1. The molecule has 27 heavy (non-hydrogen) atoms. The first-order valence-corrected chi connectivity index (χ1v) is 10.4. The lowest BCUT2D eigenvalue weighted by Gasteiger charge is -2.04. The highest BCUT2D eigenvalue weighted by Crippen LogP contribution is 2.19. The third-order valence-corrected chi connectivity index (χ3v) is 5.69. The molecule has 0 aliphatic carbocycles. The molecular formula is C21H19BrN2O2S. The number of nitrogens with zero attached hydrogens (tertiary/aromatic N) is 1. The number of nitrogens with one attached hydrogen (secondary N) is 1. The third-order valence-electron chi connectivity index (χ3n) is 3.83. The van der Waals surface area contributed by atoms with Crippen LogP contribution in [0.25, 0.3) is 0 Å². The summed E-state index contributed by atoms with van der Waals surface area (Å²) in [6.45, 7) is 1.85. The van der Waals surface area contributed by atoms with Crippen molar-refractivity contribution in [1.82, 2.24) is 5.43 Å². The van der Waals surface area contributed by atoms with E-state index < -0.39 is 0 Å². The monoisotopic (exact) mass is 442 g/mol. The van der Waals surface area contributed by atoms with Gasteiger partial charge in [-0.1, -0.05) is 42.5 Å². The quantitative estimate of drug-likeness (QED) is 0.385. The van der Waals surface area contributed by atoms with Gasteiger partial charge in [-0.3, -0.25) is 4.79 Å². The molecular weight excluding hydrogens is 424 g/mol. The second-order valence-corrected chi connectivity index (χ2v) is 7.77. The smallest absolute Gasteiger partial charge is 0.271 e. The van der Waals surface area contributed by atoms with E-state index in [0.717, 1.165) is 21.7 Å². The summed E-state index contributed by atoms with van der Waals surface area (Å²) < 4.78 is 6.31. The molecule has 1 aromatic heterocycles. The molecule has 138 valence electrons. The molecule has 4 nitrogen and oxygen atoms in total. The molecule has 0 fully saturated rings. The second kappa shape index (κ2) is 9.58. The summed E-state index contributed by atoms with van der Waals surface area (Å²) in [6, 6.07) is 19.8. The fourth-order valence-corrected chi connectivity index (χ4v) is 3.64. The molecule has 0 bridgehead atoms. The average molecular weight is 443 g/mol. The minimum absolute atomic E-state index is 0.253. The number of furan rings is 1. The molecule has 1 amide bonds. The number of halogens is 1. The summed E-state index contributed by atoms with van der Waals surface area (Å²) in [7, 11) is 0. The van der Waals surface area contributed by atoms with Crippen LogP contribution in [0, 0.1) is 6.92 Å². The molecule has 0 aliphatic rings. The molecule has 0 saturated heterocycles. The van der Waals surface area contributed by atoms with Crippen molar-refractivity contribution in [3.63, 3.8) is 0 Å². The number of rotatable bonds is 7. The predicted molar refractivity (Wildman–Crippen MR) is 114 cm³/mol. The van der Waals surface area contributed by atoms with Gasteiger partial charge >= 0.3 is 0 Å². The summed E-state index contributed by atoms with van der Waals surface area (Å²) in [5.74, 6) is 2.97. The van der Waals surface area contributed by atoms with E-state index in [2.05, 4.69) is 50.7 Å².